The fourth-order valence-electron chi connectivity index (χ4n) is 5.37. The van der Waals surface area contributed by atoms with Gasteiger partial charge in [-0.2, -0.15) is 26.3 Å². The third kappa shape index (κ3) is 5.47. The zero-order chi connectivity index (χ0) is 32.2. The first kappa shape index (κ1) is 30.9. The van der Waals surface area contributed by atoms with E-state index in [9.17, 15) is 45.0 Å². The van der Waals surface area contributed by atoms with E-state index in [0.717, 1.165) is 29.3 Å². The Kier molecular flexibility index (Phi) is 7.64. The van der Waals surface area contributed by atoms with Crippen molar-refractivity contribution >= 4 is 11.6 Å². The lowest BCUT2D eigenvalue weighted by Gasteiger charge is -2.47. The maximum absolute atomic E-state index is 14.6. The van der Waals surface area contributed by atoms with Crippen molar-refractivity contribution in [1.29, 1.82) is 0 Å². The Labute approximate surface area is 245 Å². The highest BCUT2D eigenvalue weighted by atomic mass is 19.4. The predicted octanol–water partition coefficient (Wildman–Crippen LogP) is 7.01. The van der Waals surface area contributed by atoms with Crippen LogP contribution in [0, 0.1) is 11.6 Å². The first-order chi connectivity index (χ1) is 20.5. The van der Waals surface area contributed by atoms with Crippen LogP contribution in [0.25, 0.3) is 11.3 Å². The normalized spacial score (nSPS) is 19.4. The molecule has 1 fully saturated rings. The molecule has 3 heterocycles. The number of aliphatic hydroxyl groups is 1. The van der Waals surface area contributed by atoms with Gasteiger partial charge in [-0.05, 0) is 56.2 Å². The number of fused-ring (bicyclic) bond motifs is 1. The lowest BCUT2D eigenvalue weighted by atomic mass is 9.89. The fourth-order valence-corrected chi connectivity index (χ4v) is 5.37. The van der Waals surface area contributed by atoms with Crippen molar-refractivity contribution in [2.24, 2.45) is 0 Å². The van der Waals surface area contributed by atoms with Gasteiger partial charge in [0.1, 0.15) is 35.0 Å². The van der Waals surface area contributed by atoms with E-state index >= 15 is 0 Å². The molecule has 0 bridgehead atoms. The molecule has 44 heavy (non-hydrogen) atoms. The number of benzene rings is 2. The van der Waals surface area contributed by atoms with Gasteiger partial charge >= 0.3 is 12.4 Å². The van der Waals surface area contributed by atoms with Crippen LogP contribution in [0.5, 0.6) is 0 Å². The zero-order valence-corrected chi connectivity index (χ0v) is 22.8. The highest BCUT2D eigenvalue weighted by molar-refractivity contribution is 6.00. The summed E-state index contributed by atoms with van der Waals surface area (Å²) < 4.78 is 110. The van der Waals surface area contributed by atoms with Crippen LogP contribution in [0.3, 0.4) is 0 Å². The minimum atomic E-state index is -4.93. The van der Waals surface area contributed by atoms with Crippen LogP contribution < -0.4 is 5.32 Å². The Hall–Kier alpha value is -4.53. The molecule has 1 amide bonds. The summed E-state index contributed by atoms with van der Waals surface area (Å²) in [6.45, 7) is 5.09. The van der Waals surface area contributed by atoms with E-state index in [1.54, 1.807) is 6.92 Å². The number of anilines is 1. The summed E-state index contributed by atoms with van der Waals surface area (Å²) in [5, 5.41) is 16.5. The van der Waals surface area contributed by atoms with Gasteiger partial charge in [-0.3, -0.25) is 9.80 Å². The topological polar surface area (TPSA) is 81.6 Å². The molecule has 0 radical (unpaired) electrons. The molecule has 2 aromatic carbocycles. The van der Waals surface area contributed by atoms with Crippen molar-refractivity contribution < 1.29 is 45.0 Å². The van der Waals surface area contributed by atoms with Gasteiger partial charge in [0, 0.05) is 29.1 Å². The van der Waals surface area contributed by atoms with Gasteiger partial charge in [0.05, 0.1) is 23.3 Å². The minimum Gasteiger partial charge on any atom is -0.509 e. The molecule has 2 N–H and O–H groups in total. The van der Waals surface area contributed by atoms with Crippen LogP contribution >= 0.6 is 0 Å². The van der Waals surface area contributed by atoms with E-state index in [-0.39, 0.29) is 17.9 Å². The van der Waals surface area contributed by atoms with Crippen molar-refractivity contribution in [1.82, 2.24) is 20.0 Å². The maximum Gasteiger partial charge on any atom is 0.433 e. The second kappa shape index (κ2) is 10.9. The number of nitrogens with one attached hydrogen (secondary N) is 1. The van der Waals surface area contributed by atoms with Crippen molar-refractivity contribution in [3.05, 3.63) is 101 Å². The van der Waals surface area contributed by atoms with Gasteiger partial charge in [0.15, 0.2) is 0 Å². The average Bonchev–Trinajstić information content (AvgIpc) is 3.34. The number of hydrogen-bond acceptors (Lipinski definition) is 6. The second-order valence-electron chi connectivity index (χ2n) is 10.4. The number of carbonyl (C=O) groups excluding carboxylic acids is 1. The predicted molar refractivity (Wildman–Crippen MR) is 141 cm³/mol. The minimum absolute atomic E-state index is 0.228. The molecule has 1 unspecified atom stereocenters. The fraction of sp³-hybridized carbons (Fsp3) is 0.276. The number of rotatable bonds is 6. The number of amides is 1. The van der Waals surface area contributed by atoms with Crippen molar-refractivity contribution in [2.45, 2.75) is 44.2 Å². The lowest BCUT2D eigenvalue weighted by molar-refractivity contribution is -0.159. The van der Waals surface area contributed by atoms with Gasteiger partial charge in [0.25, 0.3) is 5.91 Å². The number of nitrogens with zero attached hydrogens (tertiary/aromatic N) is 4. The Bertz CT molecular complexity index is 1670. The molecule has 15 heteroatoms. The SMILES string of the molecule is C=C(Nc1ccc(C(F)(F)F)cc1-c1cc(C(F)(F)F)ncn1)C1=C(O)C2(C)CCCN2N(Cc2c(F)cccc2F)C1=O. The lowest BCUT2D eigenvalue weighted by Crippen LogP contribution is -2.59. The third-order valence-corrected chi connectivity index (χ3v) is 7.63. The molecule has 2 aliphatic heterocycles. The summed E-state index contributed by atoms with van der Waals surface area (Å²) in [6, 6.07) is 5.82. The first-order valence-electron chi connectivity index (χ1n) is 13.1. The van der Waals surface area contributed by atoms with E-state index in [4.69, 9.17) is 0 Å². The Morgan fingerprint density at radius 2 is 1.73 bits per heavy atom. The monoisotopic (exact) mass is 625 g/mol. The Morgan fingerprint density at radius 3 is 2.36 bits per heavy atom. The molecule has 2 aliphatic rings. The third-order valence-electron chi connectivity index (χ3n) is 7.63. The summed E-state index contributed by atoms with van der Waals surface area (Å²) in [7, 11) is 0. The standard InChI is InChI=1S/C29H23F8N5O2/c1-15(40-21-8-7-16(28(32,33)34)11-17(21)22-12-23(29(35,36)37)39-14-38-22)24-25(43)27(2)9-4-10-42(27)41(26(24)44)13-18-19(30)5-3-6-20(18)31/h3,5-8,11-12,14,40,43H,1,4,9-10,13H2,2H3. The van der Waals surface area contributed by atoms with E-state index < -0.39 is 81.4 Å². The van der Waals surface area contributed by atoms with E-state index in [2.05, 4.69) is 21.9 Å². The molecule has 232 valence electrons. The quantitative estimate of drug-likeness (QED) is 0.287. The van der Waals surface area contributed by atoms with Crippen LogP contribution in [0.2, 0.25) is 0 Å². The summed E-state index contributed by atoms with van der Waals surface area (Å²) in [5.41, 5.74) is -6.16. The highest BCUT2D eigenvalue weighted by Gasteiger charge is 2.52. The number of carbonyl (C=O) groups is 1. The number of alkyl halides is 6. The molecule has 7 nitrogen and oxygen atoms in total. The van der Waals surface area contributed by atoms with Gasteiger partial charge in [-0.25, -0.2) is 23.8 Å². The van der Waals surface area contributed by atoms with Crippen LogP contribution in [0.1, 0.15) is 36.6 Å². The molecular formula is C29H23F8N5O2. The van der Waals surface area contributed by atoms with Crippen LogP contribution in [0.15, 0.2) is 72.4 Å². The summed E-state index contributed by atoms with van der Waals surface area (Å²) in [6.07, 6.45) is -8.43. The smallest absolute Gasteiger partial charge is 0.433 e. The van der Waals surface area contributed by atoms with Crippen molar-refractivity contribution in [2.75, 3.05) is 11.9 Å². The molecule has 0 aliphatic carbocycles. The van der Waals surface area contributed by atoms with E-state index in [1.165, 1.54) is 5.01 Å². The van der Waals surface area contributed by atoms with Gasteiger partial charge < -0.3 is 10.4 Å². The molecule has 3 aromatic rings. The zero-order valence-electron chi connectivity index (χ0n) is 22.8. The van der Waals surface area contributed by atoms with Crippen molar-refractivity contribution in [3.8, 4) is 11.3 Å². The molecule has 1 atom stereocenters. The molecule has 0 saturated carbocycles. The molecule has 1 aromatic heterocycles. The largest absolute Gasteiger partial charge is 0.509 e. The molecule has 5 rings (SSSR count). The van der Waals surface area contributed by atoms with Crippen LogP contribution in [-0.4, -0.2) is 43.1 Å². The van der Waals surface area contributed by atoms with Gasteiger partial charge in [-0.15, -0.1) is 0 Å². The highest BCUT2D eigenvalue weighted by Crippen LogP contribution is 2.44. The molecule has 0 spiro atoms. The number of aliphatic hydroxyl groups excluding tert-OH is 1. The average molecular weight is 626 g/mol. The molecular weight excluding hydrogens is 602 g/mol. The second-order valence-corrected chi connectivity index (χ2v) is 10.4. The number of hydrazine groups is 1. The van der Waals surface area contributed by atoms with Crippen LogP contribution in [-0.2, 0) is 23.7 Å². The summed E-state index contributed by atoms with van der Waals surface area (Å²) in [5.74, 6) is -3.18. The van der Waals surface area contributed by atoms with E-state index in [1.807, 2.05) is 0 Å². The van der Waals surface area contributed by atoms with E-state index in [0.29, 0.717) is 37.4 Å². The summed E-state index contributed by atoms with van der Waals surface area (Å²) in [4.78, 5) is 20.7. The Morgan fingerprint density at radius 1 is 1.05 bits per heavy atom. The van der Waals surface area contributed by atoms with Crippen molar-refractivity contribution in [3.63, 3.8) is 0 Å². The summed E-state index contributed by atoms with van der Waals surface area (Å²) >= 11 is 0. The first-order valence-corrected chi connectivity index (χ1v) is 13.1. The van der Waals surface area contributed by atoms with Crippen LogP contribution in [0.4, 0.5) is 40.8 Å². The number of aromatic nitrogens is 2. The van der Waals surface area contributed by atoms with Gasteiger partial charge in [0.2, 0.25) is 0 Å². The van der Waals surface area contributed by atoms with Gasteiger partial charge in [-0.1, -0.05) is 12.6 Å². The molecule has 1 saturated heterocycles. The number of hydrogen-bond donors (Lipinski definition) is 2. The maximum atomic E-state index is 14.6. The Balaban J connectivity index is 1.57. The number of halogens is 8.